The second-order valence-corrected chi connectivity index (χ2v) is 10.3. The first kappa shape index (κ1) is 13.5. The van der Waals surface area contributed by atoms with E-state index >= 15 is 0 Å². The van der Waals surface area contributed by atoms with Gasteiger partial charge < -0.3 is 0 Å². The number of hydrogen-bond acceptors (Lipinski definition) is 0. The molecule has 3 aromatic carbocycles. The van der Waals surface area contributed by atoms with Gasteiger partial charge in [-0.3, -0.25) is 0 Å². The van der Waals surface area contributed by atoms with Gasteiger partial charge in [-0.1, -0.05) is 54.6 Å². The van der Waals surface area contributed by atoms with Crippen molar-refractivity contribution in [3.8, 4) is 0 Å². The third-order valence-electron chi connectivity index (χ3n) is 5.78. The molecule has 1 aliphatic heterocycles. The highest BCUT2D eigenvalue weighted by Crippen LogP contribution is 2.73. The maximum absolute atomic E-state index is 2.42. The van der Waals surface area contributed by atoms with E-state index in [2.05, 4.69) is 84.9 Å². The van der Waals surface area contributed by atoms with Crippen LogP contribution in [0.15, 0.2) is 84.9 Å². The summed E-state index contributed by atoms with van der Waals surface area (Å²) in [6.45, 7) is 0. The standard InChI is InChI=1S/C22H20P/c1-3-9-17(10-4-1)23(18-11-5-2-6-12-18)21-14-8-7-13-19(21)20-15-16-22(20)23/h1-14,20,22H,15-16H2/q+1/t20?,22-/m0/s1. The predicted molar refractivity (Wildman–Crippen MR) is 101 cm³/mol. The lowest BCUT2D eigenvalue weighted by Gasteiger charge is -2.37. The van der Waals surface area contributed by atoms with Crippen molar-refractivity contribution in [3.63, 3.8) is 0 Å². The van der Waals surface area contributed by atoms with Crippen LogP contribution in [0.3, 0.4) is 0 Å². The highest BCUT2D eigenvalue weighted by molar-refractivity contribution is 7.96. The van der Waals surface area contributed by atoms with Crippen LogP contribution in [0.1, 0.15) is 24.3 Å². The highest BCUT2D eigenvalue weighted by atomic mass is 31.2. The number of benzene rings is 3. The monoisotopic (exact) mass is 315 g/mol. The molecule has 1 unspecified atom stereocenters. The average molecular weight is 315 g/mol. The van der Waals surface area contributed by atoms with Gasteiger partial charge in [0.2, 0.25) is 0 Å². The maximum Gasteiger partial charge on any atom is 0.116 e. The predicted octanol–water partition coefficient (Wildman–Crippen LogP) is 4.24. The topological polar surface area (TPSA) is 0 Å². The lowest BCUT2D eigenvalue weighted by Crippen LogP contribution is -2.38. The van der Waals surface area contributed by atoms with Gasteiger partial charge in [-0.15, -0.1) is 0 Å². The van der Waals surface area contributed by atoms with Crippen molar-refractivity contribution in [1.82, 2.24) is 0 Å². The van der Waals surface area contributed by atoms with Crippen LogP contribution in [0.2, 0.25) is 0 Å². The van der Waals surface area contributed by atoms with Crippen LogP contribution in [-0.2, 0) is 0 Å². The van der Waals surface area contributed by atoms with Crippen LogP contribution >= 0.6 is 7.26 Å². The molecule has 2 atom stereocenters. The summed E-state index contributed by atoms with van der Waals surface area (Å²) in [7, 11) is -1.50. The van der Waals surface area contributed by atoms with E-state index in [0.717, 1.165) is 11.6 Å². The van der Waals surface area contributed by atoms with Gasteiger partial charge in [-0.25, -0.2) is 0 Å². The zero-order valence-electron chi connectivity index (χ0n) is 13.1. The van der Waals surface area contributed by atoms with Crippen molar-refractivity contribution < 1.29 is 0 Å². The Hall–Kier alpha value is -1.91. The third kappa shape index (κ3) is 1.71. The minimum atomic E-state index is -1.50. The van der Waals surface area contributed by atoms with Gasteiger partial charge in [-0.05, 0) is 43.2 Å². The van der Waals surface area contributed by atoms with Gasteiger partial charge in [0, 0.05) is 11.5 Å². The van der Waals surface area contributed by atoms with Crippen molar-refractivity contribution >= 4 is 23.2 Å². The van der Waals surface area contributed by atoms with Gasteiger partial charge in [0.05, 0.1) is 5.66 Å². The molecule has 23 heavy (non-hydrogen) atoms. The van der Waals surface area contributed by atoms with E-state index in [-0.39, 0.29) is 0 Å². The zero-order valence-corrected chi connectivity index (χ0v) is 14.0. The molecular formula is C22H20P+. The molecule has 0 spiro atoms. The minimum absolute atomic E-state index is 0.778. The minimum Gasteiger partial charge on any atom is -0.0620 e. The van der Waals surface area contributed by atoms with E-state index in [1.807, 2.05) is 0 Å². The number of hydrogen-bond donors (Lipinski definition) is 0. The second kappa shape index (κ2) is 5.05. The van der Waals surface area contributed by atoms with Gasteiger partial charge in [0.25, 0.3) is 0 Å². The first-order chi connectivity index (χ1) is 11.4. The van der Waals surface area contributed by atoms with Crippen molar-refractivity contribution in [2.24, 2.45) is 0 Å². The van der Waals surface area contributed by atoms with Crippen molar-refractivity contribution in [2.75, 3.05) is 0 Å². The molecule has 0 amide bonds. The summed E-state index contributed by atoms with van der Waals surface area (Å²) in [5, 5.41) is 4.77. The van der Waals surface area contributed by atoms with Gasteiger partial charge in [-0.2, -0.15) is 0 Å². The van der Waals surface area contributed by atoms with Gasteiger partial charge in [0.1, 0.15) is 23.2 Å². The van der Waals surface area contributed by atoms with Crippen LogP contribution in [0.5, 0.6) is 0 Å². The molecule has 0 bridgehead atoms. The molecule has 0 aromatic heterocycles. The van der Waals surface area contributed by atoms with Crippen LogP contribution < -0.4 is 15.9 Å². The van der Waals surface area contributed by atoms with Crippen LogP contribution in [0, 0.1) is 0 Å². The third-order valence-corrected chi connectivity index (χ3v) is 10.8. The second-order valence-electron chi connectivity index (χ2n) is 6.70. The smallest absolute Gasteiger partial charge is 0.0620 e. The van der Waals surface area contributed by atoms with Crippen molar-refractivity contribution in [3.05, 3.63) is 90.5 Å². The quantitative estimate of drug-likeness (QED) is 0.621. The normalized spacial score (nSPS) is 23.7. The first-order valence-corrected chi connectivity index (χ1v) is 10.4. The molecule has 3 aromatic rings. The molecule has 0 radical (unpaired) electrons. The summed E-state index contributed by atoms with van der Waals surface area (Å²) in [6, 6.07) is 31.9. The average Bonchev–Trinajstić information content (AvgIpc) is 2.80. The molecule has 112 valence electrons. The van der Waals surface area contributed by atoms with Crippen molar-refractivity contribution in [1.29, 1.82) is 0 Å². The fraction of sp³-hybridized carbons (Fsp3) is 0.182. The summed E-state index contributed by atoms with van der Waals surface area (Å²) < 4.78 is 0. The number of fused-ring (bicyclic) bond motifs is 3. The van der Waals surface area contributed by atoms with E-state index < -0.39 is 7.26 Å². The first-order valence-electron chi connectivity index (χ1n) is 8.52. The fourth-order valence-electron chi connectivity index (χ4n) is 4.75. The van der Waals surface area contributed by atoms with Crippen LogP contribution in [0.25, 0.3) is 0 Å². The Morgan fingerprint density at radius 1 is 0.609 bits per heavy atom. The molecule has 0 nitrogen and oxygen atoms in total. The molecule has 1 saturated carbocycles. The summed E-state index contributed by atoms with van der Waals surface area (Å²) in [5.74, 6) is 0.778. The van der Waals surface area contributed by atoms with Gasteiger partial charge in [0.15, 0.2) is 0 Å². The van der Waals surface area contributed by atoms with Gasteiger partial charge >= 0.3 is 0 Å². The van der Waals surface area contributed by atoms with E-state index in [1.54, 1.807) is 21.5 Å². The lowest BCUT2D eigenvalue weighted by molar-refractivity contribution is 0.440. The molecule has 0 N–H and O–H groups in total. The summed E-state index contributed by atoms with van der Waals surface area (Å²) >= 11 is 0. The lowest BCUT2D eigenvalue weighted by atomic mass is 9.80. The highest BCUT2D eigenvalue weighted by Gasteiger charge is 2.64. The number of rotatable bonds is 2. The molecule has 1 aliphatic carbocycles. The van der Waals surface area contributed by atoms with Crippen LogP contribution in [0.4, 0.5) is 0 Å². The van der Waals surface area contributed by atoms with E-state index in [9.17, 15) is 0 Å². The Morgan fingerprint density at radius 2 is 1.17 bits per heavy atom. The van der Waals surface area contributed by atoms with E-state index in [0.29, 0.717) is 0 Å². The fourth-order valence-corrected chi connectivity index (χ4v) is 10.4. The molecule has 1 heteroatoms. The Kier molecular flexibility index (Phi) is 2.97. The van der Waals surface area contributed by atoms with E-state index in [4.69, 9.17) is 0 Å². The maximum atomic E-state index is 2.42. The molecule has 2 aliphatic rings. The Bertz CT molecular complexity index is 799. The SMILES string of the molecule is c1ccc([P+]2(c3ccccc3)c3ccccc3C3CC[C@@H]32)cc1. The molecule has 5 rings (SSSR count). The molecular weight excluding hydrogens is 295 g/mol. The summed E-state index contributed by atoms with van der Waals surface area (Å²) in [5.41, 5.74) is 2.44. The van der Waals surface area contributed by atoms with Crippen molar-refractivity contribution in [2.45, 2.75) is 24.4 Å². The Balaban J connectivity index is 1.87. The molecule has 0 saturated heterocycles. The van der Waals surface area contributed by atoms with E-state index in [1.165, 1.54) is 12.8 Å². The Morgan fingerprint density at radius 3 is 1.74 bits per heavy atom. The molecule has 1 heterocycles. The zero-order chi connectivity index (χ0) is 15.3. The van der Waals surface area contributed by atoms with Crippen LogP contribution in [-0.4, -0.2) is 5.66 Å². The largest absolute Gasteiger partial charge is 0.116 e. The summed E-state index contributed by atoms with van der Waals surface area (Å²) in [4.78, 5) is 0. The Labute approximate surface area is 138 Å². The molecule has 1 fully saturated rings. The summed E-state index contributed by atoms with van der Waals surface area (Å²) in [6.07, 6.45) is 2.74.